The monoisotopic (exact) mass is 833 g/mol. The quantitative estimate of drug-likeness (QED) is 0.0838. The SMILES string of the molecule is C[C@H]1[C@@H](CN2[C@@H](C(=O)NC(C)(C)C)CC[C@H]3CCCC[C@H]32)O[C@@H](c2ccc(-c3cccc(CNC(=O)c4c(F)c(F)c(F)c(F)c4F)c3)cc2)O[C@H]1c1ccc(CO)cc1. The summed E-state index contributed by atoms with van der Waals surface area (Å²) in [4.78, 5) is 28.9. The maximum Gasteiger partial charge on any atom is 0.257 e. The zero-order valence-corrected chi connectivity index (χ0v) is 34.3. The van der Waals surface area contributed by atoms with E-state index in [-0.39, 0.29) is 54.8 Å². The lowest BCUT2D eigenvalue weighted by atomic mass is 9.75. The van der Waals surface area contributed by atoms with Gasteiger partial charge in [0.1, 0.15) is 5.56 Å². The molecule has 13 heteroatoms. The van der Waals surface area contributed by atoms with E-state index in [9.17, 15) is 36.6 Å². The van der Waals surface area contributed by atoms with E-state index in [0.29, 0.717) is 18.0 Å². The van der Waals surface area contributed by atoms with Gasteiger partial charge in [0.15, 0.2) is 29.6 Å². The third kappa shape index (κ3) is 9.29. The van der Waals surface area contributed by atoms with Crippen molar-refractivity contribution in [3.63, 3.8) is 0 Å². The first kappa shape index (κ1) is 43.4. The van der Waals surface area contributed by atoms with Crippen LogP contribution >= 0.6 is 0 Å². The van der Waals surface area contributed by atoms with Gasteiger partial charge in [-0.25, -0.2) is 22.0 Å². The van der Waals surface area contributed by atoms with Gasteiger partial charge in [0, 0.05) is 36.2 Å². The summed E-state index contributed by atoms with van der Waals surface area (Å²) in [5.74, 6) is -12.1. The number of amides is 2. The minimum absolute atomic E-state index is 0.0439. The molecule has 320 valence electrons. The maximum absolute atomic E-state index is 14.2. The molecule has 0 bridgehead atoms. The lowest BCUT2D eigenvalue weighted by molar-refractivity contribution is -0.278. The second-order valence-electron chi connectivity index (χ2n) is 17.4. The highest BCUT2D eigenvalue weighted by molar-refractivity contribution is 5.94. The zero-order chi connectivity index (χ0) is 42.9. The molecule has 8 nitrogen and oxygen atoms in total. The Labute approximate surface area is 347 Å². The number of fused-ring (bicyclic) bond motifs is 1. The average Bonchev–Trinajstić information content (AvgIpc) is 3.24. The summed E-state index contributed by atoms with van der Waals surface area (Å²) < 4.78 is 83.1. The summed E-state index contributed by atoms with van der Waals surface area (Å²) in [6.45, 7) is 8.37. The van der Waals surface area contributed by atoms with Gasteiger partial charge in [-0.15, -0.1) is 0 Å². The largest absolute Gasteiger partial charge is 0.392 e. The first-order valence-corrected chi connectivity index (χ1v) is 20.7. The molecule has 7 atom stereocenters. The summed E-state index contributed by atoms with van der Waals surface area (Å²) in [5.41, 5.74) is 2.66. The first-order chi connectivity index (χ1) is 28.6. The van der Waals surface area contributed by atoms with Crippen molar-refractivity contribution in [1.82, 2.24) is 15.5 Å². The molecular formula is C47H52F5N3O5. The number of carbonyl (C=O) groups excluding carboxylic acids is 2. The number of piperidine rings is 1. The fourth-order valence-corrected chi connectivity index (χ4v) is 9.03. The van der Waals surface area contributed by atoms with Crippen molar-refractivity contribution in [2.45, 2.75) is 115 Å². The summed E-state index contributed by atoms with van der Waals surface area (Å²) in [6, 6.07) is 22.3. The minimum Gasteiger partial charge on any atom is -0.392 e. The van der Waals surface area contributed by atoms with Crippen LogP contribution in [0.1, 0.15) is 111 Å². The highest BCUT2D eigenvalue weighted by atomic mass is 19.2. The number of rotatable bonds is 10. The number of likely N-dealkylation sites (tertiary alicyclic amines) is 1. The van der Waals surface area contributed by atoms with Crippen molar-refractivity contribution in [2.24, 2.45) is 11.8 Å². The van der Waals surface area contributed by atoms with Crippen molar-refractivity contribution in [2.75, 3.05) is 6.54 Å². The molecule has 7 rings (SSSR count). The molecule has 0 unspecified atom stereocenters. The Morgan fingerprint density at radius 1 is 0.767 bits per heavy atom. The van der Waals surface area contributed by atoms with Crippen LogP contribution in [0.5, 0.6) is 0 Å². The van der Waals surface area contributed by atoms with E-state index in [1.807, 2.05) is 75.4 Å². The predicted octanol–water partition coefficient (Wildman–Crippen LogP) is 9.20. The molecule has 1 saturated carbocycles. The Hall–Kier alpha value is -4.69. The van der Waals surface area contributed by atoms with Crippen LogP contribution in [0.15, 0.2) is 72.8 Å². The molecule has 60 heavy (non-hydrogen) atoms. The second-order valence-corrected chi connectivity index (χ2v) is 17.4. The summed E-state index contributed by atoms with van der Waals surface area (Å²) in [6.07, 6.45) is 4.93. The number of aliphatic hydroxyl groups is 1. The molecule has 4 aromatic carbocycles. The van der Waals surface area contributed by atoms with Gasteiger partial charge in [0.05, 0.1) is 24.9 Å². The van der Waals surface area contributed by atoms with Gasteiger partial charge in [0.25, 0.3) is 5.91 Å². The van der Waals surface area contributed by atoms with Crippen molar-refractivity contribution in [1.29, 1.82) is 0 Å². The number of hydrogen-bond acceptors (Lipinski definition) is 6. The lowest BCUT2D eigenvalue weighted by Gasteiger charge is -2.51. The van der Waals surface area contributed by atoms with Gasteiger partial charge in [-0.3, -0.25) is 14.5 Å². The zero-order valence-electron chi connectivity index (χ0n) is 34.3. The van der Waals surface area contributed by atoms with Gasteiger partial charge >= 0.3 is 0 Å². The third-order valence-electron chi connectivity index (χ3n) is 12.2. The van der Waals surface area contributed by atoms with E-state index in [1.54, 1.807) is 18.2 Å². The fourth-order valence-electron chi connectivity index (χ4n) is 9.03. The molecule has 2 aliphatic heterocycles. The van der Waals surface area contributed by atoms with Gasteiger partial charge < -0.3 is 25.2 Å². The summed E-state index contributed by atoms with van der Waals surface area (Å²) in [7, 11) is 0. The molecule has 1 aliphatic carbocycles. The van der Waals surface area contributed by atoms with Gasteiger partial charge in [-0.1, -0.05) is 86.5 Å². The maximum atomic E-state index is 14.2. The second kappa shape index (κ2) is 18.1. The standard InChI is InChI=1S/C47H52F5N3O5/c1-26-36(24-55-34-11-6-5-9-30(34)20-21-35(55)44(57)54-47(2,3)4)59-46(60-43(26)31-14-12-27(25-56)13-15-31)32-18-16-29(17-19-32)33-10-7-8-28(22-33)23-53-45(58)37-38(48)40(50)42(52)41(51)39(37)49/h7-8,10,12-19,22,26,30,34-36,43,46,56H,5-6,9,11,20-21,23-25H2,1-4H3,(H,53,58)(H,54,57)/t26-,30+,34+,35+,36+,43+,46+/m0/s1. The van der Waals surface area contributed by atoms with Gasteiger partial charge in [-0.05, 0) is 86.3 Å². The Morgan fingerprint density at radius 3 is 2.08 bits per heavy atom. The average molecular weight is 834 g/mol. The molecule has 2 amide bonds. The van der Waals surface area contributed by atoms with Crippen LogP contribution in [0.4, 0.5) is 22.0 Å². The van der Waals surface area contributed by atoms with E-state index < -0.39 is 46.8 Å². The Bertz CT molecular complexity index is 2150. The molecule has 0 aromatic heterocycles. The van der Waals surface area contributed by atoms with Crippen molar-refractivity contribution < 1.29 is 46.1 Å². The van der Waals surface area contributed by atoms with Gasteiger partial charge in [-0.2, -0.15) is 0 Å². The minimum atomic E-state index is -2.34. The van der Waals surface area contributed by atoms with Crippen LogP contribution in [0.2, 0.25) is 0 Å². The highest BCUT2D eigenvalue weighted by Crippen LogP contribution is 2.44. The van der Waals surface area contributed by atoms with Crippen LogP contribution in [0.3, 0.4) is 0 Å². The van der Waals surface area contributed by atoms with Crippen molar-refractivity contribution in [3.8, 4) is 11.1 Å². The van der Waals surface area contributed by atoms with Crippen LogP contribution in [-0.4, -0.2) is 52.1 Å². The molecular weight excluding hydrogens is 782 g/mol. The van der Waals surface area contributed by atoms with Gasteiger partial charge in [0.2, 0.25) is 11.7 Å². The topological polar surface area (TPSA) is 100 Å². The van der Waals surface area contributed by atoms with Crippen LogP contribution < -0.4 is 10.6 Å². The smallest absolute Gasteiger partial charge is 0.257 e. The van der Waals surface area contributed by atoms with Crippen LogP contribution in [0, 0.1) is 40.9 Å². The molecule has 0 radical (unpaired) electrons. The Kier molecular flexibility index (Phi) is 13.1. The number of halogens is 5. The molecule has 3 aliphatic rings. The fraction of sp³-hybridized carbons (Fsp3) is 0.447. The third-order valence-corrected chi connectivity index (χ3v) is 12.2. The molecule has 2 heterocycles. The van der Waals surface area contributed by atoms with E-state index in [4.69, 9.17) is 9.47 Å². The van der Waals surface area contributed by atoms with E-state index >= 15 is 0 Å². The first-order valence-electron chi connectivity index (χ1n) is 20.7. The number of nitrogens with zero attached hydrogens (tertiary/aromatic N) is 1. The molecule has 2 saturated heterocycles. The lowest BCUT2D eigenvalue weighted by Crippen LogP contribution is -2.61. The van der Waals surface area contributed by atoms with E-state index in [1.165, 1.54) is 6.42 Å². The summed E-state index contributed by atoms with van der Waals surface area (Å²) >= 11 is 0. The Morgan fingerprint density at radius 2 is 1.42 bits per heavy atom. The number of ether oxygens (including phenoxy) is 2. The number of nitrogens with one attached hydrogen (secondary N) is 2. The molecule has 4 aromatic rings. The predicted molar refractivity (Wildman–Crippen MR) is 216 cm³/mol. The number of benzene rings is 4. The normalized spacial score (nSPS) is 24.7. The van der Waals surface area contributed by atoms with Crippen LogP contribution in [-0.2, 0) is 27.4 Å². The molecule has 3 fully saturated rings. The number of carbonyl (C=O) groups is 2. The number of hydrogen-bond donors (Lipinski definition) is 3. The highest BCUT2D eigenvalue weighted by Gasteiger charge is 2.46. The van der Waals surface area contributed by atoms with E-state index in [0.717, 1.165) is 59.9 Å². The summed E-state index contributed by atoms with van der Waals surface area (Å²) in [5, 5.41) is 15.2. The van der Waals surface area contributed by atoms with Crippen molar-refractivity contribution >= 4 is 11.8 Å². The van der Waals surface area contributed by atoms with Crippen molar-refractivity contribution in [3.05, 3.63) is 130 Å². The molecule has 0 spiro atoms. The van der Waals surface area contributed by atoms with Crippen LogP contribution in [0.25, 0.3) is 11.1 Å². The Balaban J connectivity index is 1.12. The molecule has 3 N–H and O–H groups in total. The van der Waals surface area contributed by atoms with E-state index in [2.05, 4.69) is 22.5 Å². The number of aliphatic hydroxyl groups excluding tert-OH is 1.